The third-order valence-corrected chi connectivity index (χ3v) is 3.32. The molecule has 2 aromatic rings. The molecule has 0 bridgehead atoms. The van der Waals surface area contributed by atoms with E-state index in [0.29, 0.717) is 16.9 Å². The predicted molar refractivity (Wildman–Crippen MR) is 76.1 cm³/mol. The molecular weight excluding hydrogens is 344 g/mol. The van der Waals surface area contributed by atoms with Crippen molar-refractivity contribution in [1.29, 1.82) is 5.26 Å². The standard InChI is InChI=1S/C15H10BrF2NO2/c1-20-14-4-9(2-3-10(14)7-19)8-21-15-12(16)5-11(17)6-13(15)18/h2-6H,8H2,1H3. The van der Waals surface area contributed by atoms with Gasteiger partial charge in [0.05, 0.1) is 17.1 Å². The summed E-state index contributed by atoms with van der Waals surface area (Å²) in [6.07, 6.45) is 0. The van der Waals surface area contributed by atoms with Crippen LogP contribution in [0.3, 0.4) is 0 Å². The van der Waals surface area contributed by atoms with E-state index < -0.39 is 11.6 Å². The Bertz CT molecular complexity index is 690. The van der Waals surface area contributed by atoms with Crippen LogP contribution in [0.1, 0.15) is 11.1 Å². The lowest BCUT2D eigenvalue weighted by atomic mass is 10.1. The minimum atomic E-state index is -0.789. The summed E-state index contributed by atoms with van der Waals surface area (Å²) in [6, 6.07) is 8.77. The Morgan fingerprint density at radius 1 is 1.24 bits per heavy atom. The van der Waals surface area contributed by atoms with Crippen molar-refractivity contribution < 1.29 is 18.3 Å². The smallest absolute Gasteiger partial charge is 0.169 e. The number of hydrogen-bond acceptors (Lipinski definition) is 3. The van der Waals surface area contributed by atoms with Gasteiger partial charge in [-0.25, -0.2) is 8.78 Å². The molecule has 2 aromatic carbocycles. The molecule has 0 aliphatic rings. The monoisotopic (exact) mass is 353 g/mol. The summed E-state index contributed by atoms with van der Waals surface area (Å²) in [6.45, 7) is 0.0588. The quantitative estimate of drug-likeness (QED) is 0.827. The highest BCUT2D eigenvalue weighted by Crippen LogP contribution is 2.30. The third kappa shape index (κ3) is 3.50. The fourth-order valence-electron chi connectivity index (χ4n) is 1.74. The van der Waals surface area contributed by atoms with E-state index in [4.69, 9.17) is 14.7 Å². The predicted octanol–water partition coefficient (Wildman–Crippen LogP) is 4.19. The summed E-state index contributed by atoms with van der Waals surface area (Å²) in [5, 5.41) is 8.89. The first-order valence-electron chi connectivity index (χ1n) is 5.89. The van der Waals surface area contributed by atoms with Crippen LogP contribution in [0.4, 0.5) is 8.78 Å². The van der Waals surface area contributed by atoms with E-state index in [9.17, 15) is 8.78 Å². The molecule has 0 saturated heterocycles. The SMILES string of the molecule is COc1cc(COc2c(F)cc(F)cc2Br)ccc1C#N. The number of nitrogens with zero attached hydrogens (tertiary/aromatic N) is 1. The van der Waals surface area contributed by atoms with Crippen molar-refractivity contribution in [3.05, 3.63) is 57.6 Å². The maximum absolute atomic E-state index is 13.6. The molecule has 0 fully saturated rings. The van der Waals surface area contributed by atoms with Gasteiger partial charge >= 0.3 is 0 Å². The van der Waals surface area contributed by atoms with E-state index in [1.165, 1.54) is 7.11 Å². The van der Waals surface area contributed by atoms with Crippen molar-refractivity contribution >= 4 is 15.9 Å². The Balaban J connectivity index is 2.19. The maximum Gasteiger partial charge on any atom is 0.169 e. The van der Waals surface area contributed by atoms with Gasteiger partial charge in [-0.15, -0.1) is 0 Å². The number of benzene rings is 2. The van der Waals surface area contributed by atoms with Crippen LogP contribution in [-0.2, 0) is 6.61 Å². The Morgan fingerprint density at radius 2 is 2.00 bits per heavy atom. The molecule has 0 radical (unpaired) electrons. The minimum absolute atomic E-state index is 0.0588. The van der Waals surface area contributed by atoms with Crippen molar-refractivity contribution in [1.82, 2.24) is 0 Å². The van der Waals surface area contributed by atoms with Crippen molar-refractivity contribution in [2.45, 2.75) is 6.61 Å². The van der Waals surface area contributed by atoms with Crippen molar-refractivity contribution in [2.24, 2.45) is 0 Å². The lowest BCUT2D eigenvalue weighted by Crippen LogP contribution is -2.00. The summed E-state index contributed by atoms with van der Waals surface area (Å²) in [4.78, 5) is 0. The van der Waals surface area contributed by atoms with Crippen LogP contribution >= 0.6 is 15.9 Å². The van der Waals surface area contributed by atoms with Gasteiger partial charge in [0.25, 0.3) is 0 Å². The maximum atomic E-state index is 13.6. The minimum Gasteiger partial charge on any atom is -0.495 e. The Morgan fingerprint density at radius 3 is 2.62 bits per heavy atom. The van der Waals surface area contributed by atoms with Gasteiger partial charge in [0.15, 0.2) is 11.6 Å². The Hall–Kier alpha value is -2.13. The lowest BCUT2D eigenvalue weighted by molar-refractivity contribution is 0.286. The van der Waals surface area contributed by atoms with Gasteiger partial charge in [-0.1, -0.05) is 6.07 Å². The summed E-state index contributed by atoms with van der Waals surface area (Å²) >= 11 is 3.05. The lowest BCUT2D eigenvalue weighted by Gasteiger charge is -2.11. The molecular formula is C15H10BrF2NO2. The first kappa shape index (κ1) is 15.3. The topological polar surface area (TPSA) is 42.2 Å². The van der Waals surface area contributed by atoms with E-state index >= 15 is 0 Å². The molecule has 0 amide bonds. The highest BCUT2D eigenvalue weighted by molar-refractivity contribution is 9.10. The largest absolute Gasteiger partial charge is 0.495 e. The van der Waals surface area contributed by atoms with Crippen LogP contribution in [0.15, 0.2) is 34.8 Å². The normalized spacial score (nSPS) is 10.0. The molecule has 0 unspecified atom stereocenters. The molecule has 108 valence electrons. The zero-order chi connectivity index (χ0) is 15.4. The molecule has 2 rings (SSSR count). The molecule has 0 aliphatic carbocycles. The van der Waals surface area contributed by atoms with Crippen LogP contribution < -0.4 is 9.47 Å². The number of nitriles is 1. The van der Waals surface area contributed by atoms with E-state index in [0.717, 1.165) is 12.1 Å². The number of halogens is 3. The van der Waals surface area contributed by atoms with Gasteiger partial charge in [-0.05, 0) is 39.7 Å². The first-order valence-corrected chi connectivity index (χ1v) is 6.69. The second-order valence-corrected chi connectivity index (χ2v) is 4.99. The van der Waals surface area contributed by atoms with Crippen molar-refractivity contribution in [2.75, 3.05) is 7.11 Å². The summed E-state index contributed by atoms with van der Waals surface area (Å²) in [5.41, 5.74) is 1.09. The zero-order valence-electron chi connectivity index (χ0n) is 11.0. The number of hydrogen-bond donors (Lipinski definition) is 0. The Kier molecular flexibility index (Phi) is 4.76. The average molecular weight is 354 g/mol. The average Bonchev–Trinajstić information content (AvgIpc) is 2.45. The van der Waals surface area contributed by atoms with Gasteiger partial charge < -0.3 is 9.47 Å². The number of methoxy groups -OCH3 is 1. The van der Waals surface area contributed by atoms with E-state index in [1.807, 2.05) is 6.07 Å². The van der Waals surface area contributed by atoms with Gasteiger partial charge in [-0.3, -0.25) is 0 Å². The second-order valence-electron chi connectivity index (χ2n) is 4.13. The van der Waals surface area contributed by atoms with E-state index in [-0.39, 0.29) is 16.8 Å². The van der Waals surface area contributed by atoms with Crippen LogP contribution in [-0.4, -0.2) is 7.11 Å². The van der Waals surface area contributed by atoms with Crippen molar-refractivity contribution in [3.8, 4) is 17.6 Å². The molecule has 3 nitrogen and oxygen atoms in total. The van der Waals surface area contributed by atoms with Crippen molar-refractivity contribution in [3.63, 3.8) is 0 Å². The highest BCUT2D eigenvalue weighted by atomic mass is 79.9. The van der Waals surface area contributed by atoms with Crippen LogP contribution in [0.25, 0.3) is 0 Å². The molecule has 0 N–H and O–H groups in total. The summed E-state index contributed by atoms with van der Waals surface area (Å²) in [5.74, 6) is -1.13. The van der Waals surface area contributed by atoms with Crippen LogP contribution in [0.5, 0.6) is 11.5 Å². The molecule has 6 heteroatoms. The van der Waals surface area contributed by atoms with Crippen LogP contribution in [0, 0.1) is 23.0 Å². The van der Waals surface area contributed by atoms with Crippen LogP contribution in [0.2, 0.25) is 0 Å². The van der Waals surface area contributed by atoms with Gasteiger partial charge in [-0.2, -0.15) is 5.26 Å². The third-order valence-electron chi connectivity index (χ3n) is 2.73. The van der Waals surface area contributed by atoms with E-state index in [1.54, 1.807) is 18.2 Å². The molecule has 0 saturated carbocycles. The van der Waals surface area contributed by atoms with Gasteiger partial charge in [0.2, 0.25) is 0 Å². The highest BCUT2D eigenvalue weighted by Gasteiger charge is 2.12. The Labute approximate surface area is 128 Å². The zero-order valence-corrected chi connectivity index (χ0v) is 12.6. The summed E-state index contributed by atoms with van der Waals surface area (Å²) < 4.78 is 37.2. The molecule has 0 atom stereocenters. The van der Waals surface area contributed by atoms with E-state index in [2.05, 4.69) is 15.9 Å². The van der Waals surface area contributed by atoms with Gasteiger partial charge in [0.1, 0.15) is 24.2 Å². The molecule has 21 heavy (non-hydrogen) atoms. The summed E-state index contributed by atoms with van der Waals surface area (Å²) in [7, 11) is 1.46. The molecule has 0 aliphatic heterocycles. The fourth-order valence-corrected chi connectivity index (χ4v) is 2.26. The fraction of sp³-hybridized carbons (Fsp3) is 0.133. The number of rotatable bonds is 4. The number of ether oxygens (including phenoxy) is 2. The molecule has 0 spiro atoms. The second kappa shape index (κ2) is 6.55. The molecule has 0 heterocycles. The first-order chi connectivity index (χ1) is 10.0. The van der Waals surface area contributed by atoms with Gasteiger partial charge in [0, 0.05) is 6.07 Å². The molecule has 0 aromatic heterocycles.